The van der Waals surface area contributed by atoms with E-state index in [4.69, 9.17) is 5.26 Å². The maximum atomic E-state index is 13.2. The molecule has 0 unspecified atom stereocenters. The van der Waals surface area contributed by atoms with Crippen molar-refractivity contribution in [1.29, 1.82) is 5.26 Å². The van der Waals surface area contributed by atoms with Gasteiger partial charge in [0.1, 0.15) is 0 Å². The standard InChI is InChI=1S/C19H18F2N2OS/c1-3-23(13(2)15-6-4-14(11-22)5-7-15)19(24)12-25-16-8-9-17(20)18(21)10-16/h4-10,13H,3,12H2,1-2H3/t13-/m1/s1. The van der Waals surface area contributed by atoms with Crippen molar-refractivity contribution in [3.8, 4) is 6.07 Å². The van der Waals surface area contributed by atoms with Crippen molar-refractivity contribution < 1.29 is 13.6 Å². The zero-order valence-corrected chi connectivity index (χ0v) is 14.8. The SMILES string of the molecule is CCN(C(=O)CSc1ccc(F)c(F)c1)[C@H](C)c1ccc(C#N)cc1. The van der Waals surface area contributed by atoms with E-state index in [0.717, 1.165) is 17.7 Å². The van der Waals surface area contributed by atoms with Crippen LogP contribution in [-0.4, -0.2) is 23.1 Å². The number of carbonyl (C=O) groups is 1. The summed E-state index contributed by atoms with van der Waals surface area (Å²) >= 11 is 1.17. The molecule has 0 saturated heterocycles. The number of amides is 1. The first-order valence-corrected chi connectivity index (χ1v) is 8.82. The normalized spacial score (nSPS) is 11.6. The number of benzene rings is 2. The van der Waals surface area contributed by atoms with E-state index in [-0.39, 0.29) is 17.7 Å². The fourth-order valence-electron chi connectivity index (χ4n) is 2.48. The summed E-state index contributed by atoms with van der Waals surface area (Å²) in [5.41, 5.74) is 1.51. The van der Waals surface area contributed by atoms with Crippen molar-refractivity contribution in [2.24, 2.45) is 0 Å². The second kappa shape index (κ2) is 8.63. The first-order chi connectivity index (χ1) is 12.0. The molecule has 3 nitrogen and oxygen atoms in total. The van der Waals surface area contributed by atoms with Crippen LogP contribution < -0.4 is 0 Å². The number of nitriles is 1. The van der Waals surface area contributed by atoms with Crippen LogP contribution in [0.2, 0.25) is 0 Å². The molecule has 0 aliphatic heterocycles. The second-order valence-corrected chi connectivity index (χ2v) is 6.50. The number of thioether (sulfide) groups is 1. The summed E-state index contributed by atoms with van der Waals surface area (Å²) in [6, 6.07) is 12.6. The molecule has 1 atom stereocenters. The Morgan fingerprint density at radius 2 is 1.88 bits per heavy atom. The average molecular weight is 360 g/mol. The fraction of sp³-hybridized carbons (Fsp3) is 0.263. The van der Waals surface area contributed by atoms with Gasteiger partial charge in [-0.2, -0.15) is 5.26 Å². The molecule has 0 aliphatic rings. The van der Waals surface area contributed by atoms with E-state index < -0.39 is 11.6 Å². The van der Waals surface area contributed by atoms with Gasteiger partial charge in [0, 0.05) is 11.4 Å². The van der Waals surface area contributed by atoms with Gasteiger partial charge in [-0.25, -0.2) is 8.78 Å². The van der Waals surface area contributed by atoms with Crippen LogP contribution in [0.3, 0.4) is 0 Å². The lowest BCUT2D eigenvalue weighted by Gasteiger charge is -2.28. The van der Waals surface area contributed by atoms with E-state index in [0.29, 0.717) is 17.0 Å². The first-order valence-electron chi connectivity index (χ1n) is 7.83. The number of hydrogen-bond donors (Lipinski definition) is 0. The molecule has 0 fully saturated rings. The van der Waals surface area contributed by atoms with Gasteiger partial charge in [-0.3, -0.25) is 4.79 Å². The van der Waals surface area contributed by atoms with E-state index >= 15 is 0 Å². The smallest absolute Gasteiger partial charge is 0.233 e. The summed E-state index contributed by atoms with van der Waals surface area (Å²) in [6.07, 6.45) is 0. The molecule has 0 bridgehead atoms. The van der Waals surface area contributed by atoms with Crippen molar-refractivity contribution in [3.05, 3.63) is 65.2 Å². The lowest BCUT2D eigenvalue weighted by atomic mass is 10.1. The highest BCUT2D eigenvalue weighted by molar-refractivity contribution is 8.00. The van der Waals surface area contributed by atoms with E-state index in [1.54, 1.807) is 17.0 Å². The van der Waals surface area contributed by atoms with Crippen molar-refractivity contribution in [1.82, 2.24) is 4.90 Å². The van der Waals surface area contributed by atoms with Crippen LogP contribution >= 0.6 is 11.8 Å². The number of carbonyl (C=O) groups excluding carboxylic acids is 1. The summed E-state index contributed by atoms with van der Waals surface area (Å²) in [5, 5.41) is 8.86. The minimum atomic E-state index is -0.921. The molecule has 0 radical (unpaired) electrons. The lowest BCUT2D eigenvalue weighted by Crippen LogP contribution is -2.34. The Bertz CT molecular complexity index is 787. The highest BCUT2D eigenvalue weighted by atomic mass is 32.2. The van der Waals surface area contributed by atoms with Crippen LogP contribution in [0.4, 0.5) is 8.78 Å². The Hall–Kier alpha value is -2.39. The maximum absolute atomic E-state index is 13.2. The van der Waals surface area contributed by atoms with Crippen LogP contribution in [0.15, 0.2) is 47.4 Å². The summed E-state index contributed by atoms with van der Waals surface area (Å²) in [5.74, 6) is -1.77. The van der Waals surface area contributed by atoms with Gasteiger partial charge in [0.25, 0.3) is 0 Å². The predicted octanol–water partition coefficient (Wildman–Crippen LogP) is 4.54. The molecule has 2 aromatic rings. The van der Waals surface area contributed by atoms with Gasteiger partial charge >= 0.3 is 0 Å². The molecule has 0 N–H and O–H groups in total. The Balaban J connectivity index is 2.03. The zero-order chi connectivity index (χ0) is 18.4. The maximum Gasteiger partial charge on any atom is 0.233 e. The van der Waals surface area contributed by atoms with Crippen LogP contribution in [-0.2, 0) is 4.79 Å². The van der Waals surface area contributed by atoms with Crippen molar-refractivity contribution in [2.75, 3.05) is 12.3 Å². The molecule has 0 aromatic heterocycles. The Morgan fingerprint density at radius 3 is 2.44 bits per heavy atom. The van der Waals surface area contributed by atoms with Crippen LogP contribution in [0, 0.1) is 23.0 Å². The second-order valence-electron chi connectivity index (χ2n) is 5.45. The fourth-order valence-corrected chi connectivity index (χ4v) is 3.28. The van der Waals surface area contributed by atoms with Gasteiger partial charge in [-0.15, -0.1) is 11.8 Å². The molecular formula is C19H18F2N2OS. The summed E-state index contributed by atoms with van der Waals surface area (Å²) in [6.45, 7) is 4.34. The minimum Gasteiger partial charge on any atom is -0.335 e. The van der Waals surface area contributed by atoms with E-state index in [9.17, 15) is 13.6 Å². The highest BCUT2D eigenvalue weighted by Gasteiger charge is 2.20. The van der Waals surface area contributed by atoms with Gasteiger partial charge in [0.2, 0.25) is 5.91 Å². The first kappa shape index (κ1) is 18.9. The monoisotopic (exact) mass is 360 g/mol. The number of halogens is 2. The highest BCUT2D eigenvalue weighted by Crippen LogP contribution is 2.24. The van der Waals surface area contributed by atoms with E-state index in [1.807, 2.05) is 26.0 Å². The predicted molar refractivity (Wildman–Crippen MR) is 94.0 cm³/mol. The molecule has 0 aliphatic carbocycles. The third kappa shape index (κ3) is 4.80. The molecule has 0 spiro atoms. The third-order valence-corrected chi connectivity index (χ3v) is 4.88. The van der Waals surface area contributed by atoms with Crippen LogP contribution in [0.25, 0.3) is 0 Å². The van der Waals surface area contributed by atoms with Crippen LogP contribution in [0.1, 0.15) is 31.0 Å². The molecular weight excluding hydrogens is 342 g/mol. The molecule has 25 heavy (non-hydrogen) atoms. The van der Waals surface area contributed by atoms with Gasteiger partial charge in [0.15, 0.2) is 11.6 Å². The Kier molecular flexibility index (Phi) is 6.54. The molecule has 6 heteroatoms. The zero-order valence-electron chi connectivity index (χ0n) is 14.0. The molecule has 0 heterocycles. The van der Waals surface area contributed by atoms with Gasteiger partial charge < -0.3 is 4.90 Å². The Labute approximate surface area is 150 Å². The van der Waals surface area contributed by atoms with Crippen molar-refractivity contribution in [3.63, 3.8) is 0 Å². The topological polar surface area (TPSA) is 44.1 Å². The molecule has 2 aromatic carbocycles. The third-order valence-electron chi connectivity index (χ3n) is 3.90. The van der Waals surface area contributed by atoms with Gasteiger partial charge in [-0.1, -0.05) is 12.1 Å². The van der Waals surface area contributed by atoms with Crippen molar-refractivity contribution >= 4 is 17.7 Å². The Morgan fingerprint density at radius 1 is 1.20 bits per heavy atom. The summed E-state index contributed by atoms with van der Waals surface area (Å²) in [4.78, 5) is 14.7. The summed E-state index contributed by atoms with van der Waals surface area (Å²) < 4.78 is 26.2. The molecule has 1 amide bonds. The summed E-state index contributed by atoms with van der Waals surface area (Å²) in [7, 11) is 0. The number of hydrogen-bond acceptors (Lipinski definition) is 3. The van der Waals surface area contributed by atoms with Gasteiger partial charge in [0.05, 0.1) is 23.4 Å². The van der Waals surface area contributed by atoms with E-state index in [1.165, 1.54) is 17.8 Å². The lowest BCUT2D eigenvalue weighted by molar-refractivity contribution is -0.130. The number of rotatable bonds is 6. The largest absolute Gasteiger partial charge is 0.335 e. The van der Waals surface area contributed by atoms with Crippen molar-refractivity contribution in [2.45, 2.75) is 24.8 Å². The molecule has 2 rings (SSSR count). The average Bonchev–Trinajstić information content (AvgIpc) is 2.63. The molecule has 130 valence electrons. The van der Waals surface area contributed by atoms with Crippen LogP contribution in [0.5, 0.6) is 0 Å². The van der Waals surface area contributed by atoms with Gasteiger partial charge in [-0.05, 0) is 49.7 Å². The quantitative estimate of drug-likeness (QED) is 0.711. The molecule has 0 saturated carbocycles. The minimum absolute atomic E-state index is 0.0888. The number of nitrogens with zero attached hydrogens (tertiary/aromatic N) is 2. The van der Waals surface area contributed by atoms with E-state index in [2.05, 4.69) is 6.07 Å².